The molecule has 1 aliphatic carbocycles. The van der Waals surface area contributed by atoms with E-state index < -0.39 is 0 Å². The quantitative estimate of drug-likeness (QED) is 0.806. The van der Waals surface area contributed by atoms with Gasteiger partial charge >= 0.3 is 0 Å². The van der Waals surface area contributed by atoms with Gasteiger partial charge in [-0.05, 0) is 42.4 Å². The maximum absolute atomic E-state index is 12.5. The molecule has 0 saturated heterocycles. The van der Waals surface area contributed by atoms with Crippen molar-refractivity contribution in [2.75, 3.05) is 11.2 Å². The minimum atomic E-state index is 0.112. The Kier molecular flexibility index (Phi) is 5.09. The Morgan fingerprint density at radius 3 is 2.60 bits per heavy atom. The van der Waals surface area contributed by atoms with Crippen LogP contribution in [0.3, 0.4) is 0 Å². The molecule has 1 unspecified atom stereocenters. The Bertz CT molecular complexity index is 453. The molecule has 1 fully saturated rings. The maximum Gasteiger partial charge on any atom is 0.228 e. The highest BCUT2D eigenvalue weighted by atomic mass is 35.5. The predicted octanol–water partition coefficient (Wildman–Crippen LogP) is 4.62. The molecule has 0 radical (unpaired) electrons. The lowest BCUT2D eigenvalue weighted by Crippen LogP contribution is -2.37. The molecule has 1 saturated carbocycles. The fourth-order valence-corrected chi connectivity index (χ4v) is 3.29. The Labute approximate surface area is 126 Å². The third-order valence-corrected chi connectivity index (χ3v) is 4.62. The van der Waals surface area contributed by atoms with Crippen LogP contribution in [-0.2, 0) is 11.2 Å². The van der Waals surface area contributed by atoms with Gasteiger partial charge in [0.1, 0.15) is 0 Å². The fourth-order valence-electron chi connectivity index (χ4n) is 3.07. The molecule has 1 aliphatic rings. The number of hydrogen-bond donors (Lipinski definition) is 1. The van der Waals surface area contributed by atoms with E-state index in [1.165, 1.54) is 12.0 Å². The number of hydrogen-bond acceptors (Lipinski definition) is 1. The van der Waals surface area contributed by atoms with Gasteiger partial charge in [0, 0.05) is 17.5 Å². The Hall–Kier alpha value is -1.02. The highest BCUT2D eigenvalue weighted by Gasteiger charge is 2.36. The lowest BCUT2D eigenvalue weighted by molar-refractivity contribution is -0.124. The van der Waals surface area contributed by atoms with E-state index in [2.05, 4.69) is 19.2 Å². The summed E-state index contributed by atoms with van der Waals surface area (Å²) >= 11 is 5.72. The predicted molar refractivity (Wildman–Crippen MR) is 85.2 cm³/mol. The molecule has 1 aromatic rings. The molecule has 0 aliphatic heterocycles. The molecule has 2 nitrogen and oxygen atoms in total. The molecule has 0 spiro atoms. The summed E-state index contributed by atoms with van der Waals surface area (Å²) in [5, 5.41) is 3.06. The van der Waals surface area contributed by atoms with Crippen LogP contribution in [0.5, 0.6) is 0 Å². The van der Waals surface area contributed by atoms with Gasteiger partial charge in [0.15, 0.2) is 0 Å². The van der Waals surface area contributed by atoms with Crippen LogP contribution >= 0.6 is 11.6 Å². The lowest BCUT2D eigenvalue weighted by atomic mass is 9.68. The molecule has 1 aromatic carbocycles. The van der Waals surface area contributed by atoms with Crippen LogP contribution in [0.1, 0.15) is 45.1 Å². The first kappa shape index (κ1) is 15.4. The van der Waals surface area contributed by atoms with Crippen molar-refractivity contribution in [1.82, 2.24) is 0 Å². The lowest BCUT2D eigenvalue weighted by Gasteiger charge is -2.37. The molecule has 110 valence electrons. The average Bonchev–Trinajstić information content (AvgIpc) is 2.40. The second-order valence-corrected chi connectivity index (χ2v) is 6.79. The third kappa shape index (κ3) is 3.76. The van der Waals surface area contributed by atoms with Crippen LogP contribution in [0.2, 0.25) is 0 Å². The highest BCUT2D eigenvalue weighted by molar-refractivity contribution is 6.18. The number of aryl methyl sites for hydroxylation is 1. The molecule has 3 heteroatoms. The minimum Gasteiger partial charge on any atom is -0.326 e. The molecule has 0 bridgehead atoms. The largest absolute Gasteiger partial charge is 0.326 e. The van der Waals surface area contributed by atoms with E-state index in [0.29, 0.717) is 5.88 Å². The van der Waals surface area contributed by atoms with Gasteiger partial charge in [-0.15, -0.1) is 11.6 Å². The van der Waals surface area contributed by atoms with Crippen molar-refractivity contribution in [1.29, 1.82) is 0 Å². The number of benzene rings is 1. The topological polar surface area (TPSA) is 29.1 Å². The summed E-state index contributed by atoms with van der Waals surface area (Å²) in [6.07, 6.45) is 5.41. The van der Waals surface area contributed by atoms with Gasteiger partial charge in [0.05, 0.1) is 0 Å². The van der Waals surface area contributed by atoms with Crippen molar-refractivity contribution in [3.8, 4) is 0 Å². The number of alkyl halides is 1. The molecule has 1 atom stereocenters. The van der Waals surface area contributed by atoms with Gasteiger partial charge < -0.3 is 5.32 Å². The summed E-state index contributed by atoms with van der Waals surface area (Å²) in [6, 6.07) is 8.00. The van der Waals surface area contributed by atoms with Gasteiger partial charge in [-0.25, -0.2) is 0 Å². The van der Waals surface area contributed by atoms with E-state index in [1.807, 2.05) is 24.3 Å². The number of anilines is 1. The number of rotatable bonds is 4. The third-order valence-electron chi connectivity index (χ3n) is 4.43. The van der Waals surface area contributed by atoms with Gasteiger partial charge in [-0.2, -0.15) is 0 Å². The first-order valence-corrected chi connectivity index (χ1v) is 8.02. The number of halogens is 1. The second-order valence-electron chi connectivity index (χ2n) is 6.41. The zero-order valence-corrected chi connectivity index (χ0v) is 13.2. The van der Waals surface area contributed by atoms with Gasteiger partial charge in [-0.1, -0.05) is 38.8 Å². The first-order chi connectivity index (χ1) is 9.53. The Morgan fingerprint density at radius 2 is 2.00 bits per heavy atom. The zero-order valence-electron chi connectivity index (χ0n) is 12.4. The molecular formula is C17H24ClNO. The van der Waals surface area contributed by atoms with Crippen molar-refractivity contribution in [2.24, 2.45) is 11.3 Å². The molecule has 20 heavy (non-hydrogen) atoms. The summed E-state index contributed by atoms with van der Waals surface area (Å²) < 4.78 is 0. The number of carbonyl (C=O) groups excluding carboxylic acids is 1. The van der Waals surface area contributed by atoms with Crippen LogP contribution in [0.15, 0.2) is 24.3 Å². The number of carbonyl (C=O) groups is 1. The smallest absolute Gasteiger partial charge is 0.228 e. The van der Waals surface area contributed by atoms with Crippen molar-refractivity contribution in [3.05, 3.63) is 29.8 Å². The van der Waals surface area contributed by atoms with Crippen molar-refractivity contribution >= 4 is 23.2 Å². The average molecular weight is 294 g/mol. The number of amides is 1. The summed E-state index contributed by atoms with van der Waals surface area (Å²) in [7, 11) is 0. The van der Waals surface area contributed by atoms with Crippen molar-refractivity contribution in [2.45, 2.75) is 46.0 Å². The molecular weight excluding hydrogens is 270 g/mol. The molecule has 1 amide bonds. The van der Waals surface area contributed by atoms with E-state index >= 15 is 0 Å². The number of nitrogens with one attached hydrogen (secondary N) is 1. The second kappa shape index (κ2) is 6.62. The van der Waals surface area contributed by atoms with Gasteiger partial charge in [-0.3, -0.25) is 4.79 Å². The van der Waals surface area contributed by atoms with Crippen LogP contribution in [0, 0.1) is 11.3 Å². The van der Waals surface area contributed by atoms with E-state index in [0.717, 1.165) is 31.4 Å². The SMILES string of the molecule is CC1(C)CCCCC1C(=O)Nc1ccc(CCCl)cc1. The van der Waals surface area contributed by atoms with E-state index in [-0.39, 0.29) is 17.2 Å². The van der Waals surface area contributed by atoms with E-state index in [1.54, 1.807) is 0 Å². The van der Waals surface area contributed by atoms with Crippen LogP contribution in [0.4, 0.5) is 5.69 Å². The van der Waals surface area contributed by atoms with Crippen LogP contribution in [0.25, 0.3) is 0 Å². The Balaban J connectivity index is 2.00. The molecule has 1 N–H and O–H groups in total. The van der Waals surface area contributed by atoms with Crippen LogP contribution in [-0.4, -0.2) is 11.8 Å². The summed E-state index contributed by atoms with van der Waals surface area (Å²) in [5.41, 5.74) is 2.20. The highest BCUT2D eigenvalue weighted by Crippen LogP contribution is 2.41. The van der Waals surface area contributed by atoms with E-state index in [4.69, 9.17) is 11.6 Å². The summed E-state index contributed by atoms with van der Waals surface area (Å²) in [6.45, 7) is 4.42. The minimum absolute atomic E-state index is 0.112. The first-order valence-electron chi connectivity index (χ1n) is 7.49. The molecule has 0 heterocycles. The standard InChI is InChI=1S/C17H24ClNO/c1-17(2)11-4-3-5-15(17)16(20)19-14-8-6-13(7-9-14)10-12-18/h6-9,15H,3-5,10-12H2,1-2H3,(H,19,20). The molecule has 0 aromatic heterocycles. The fraction of sp³-hybridized carbons (Fsp3) is 0.588. The zero-order chi connectivity index (χ0) is 14.6. The summed E-state index contributed by atoms with van der Waals surface area (Å²) in [5.74, 6) is 0.917. The monoisotopic (exact) mass is 293 g/mol. The summed E-state index contributed by atoms with van der Waals surface area (Å²) in [4.78, 5) is 12.5. The van der Waals surface area contributed by atoms with Crippen molar-refractivity contribution in [3.63, 3.8) is 0 Å². The van der Waals surface area contributed by atoms with E-state index in [9.17, 15) is 4.79 Å². The molecule has 2 rings (SSSR count). The van der Waals surface area contributed by atoms with Crippen molar-refractivity contribution < 1.29 is 4.79 Å². The van der Waals surface area contributed by atoms with Gasteiger partial charge in [0.2, 0.25) is 5.91 Å². The van der Waals surface area contributed by atoms with Crippen LogP contribution < -0.4 is 5.32 Å². The van der Waals surface area contributed by atoms with Gasteiger partial charge in [0.25, 0.3) is 0 Å². The maximum atomic E-state index is 12.5. The Morgan fingerprint density at radius 1 is 1.30 bits per heavy atom. The normalized spacial score (nSPS) is 21.4.